The van der Waals surface area contributed by atoms with Gasteiger partial charge in [-0.3, -0.25) is 4.98 Å². The summed E-state index contributed by atoms with van der Waals surface area (Å²) >= 11 is 0. The lowest BCUT2D eigenvalue weighted by atomic mass is 10.2. The first kappa shape index (κ1) is 10.8. The molecule has 0 saturated carbocycles. The number of aryl methyl sites for hydroxylation is 2. The summed E-state index contributed by atoms with van der Waals surface area (Å²) in [6, 6.07) is 7.79. The Morgan fingerprint density at radius 1 is 1.22 bits per heavy atom. The lowest BCUT2D eigenvalue weighted by molar-refractivity contribution is 0.474. The second-order valence-corrected chi connectivity index (χ2v) is 4.33. The molecule has 0 bridgehead atoms. The highest BCUT2D eigenvalue weighted by atomic mass is 16.3. The maximum absolute atomic E-state index is 9.87. The number of fused-ring (bicyclic) bond motifs is 1. The summed E-state index contributed by atoms with van der Waals surface area (Å²) in [5, 5.41) is 9.87. The molecule has 2 aromatic heterocycles. The second kappa shape index (κ2) is 3.84. The van der Waals surface area contributed by atoms with Crippen molar-refractivity contribution in [2.45, 2.75) is 6.92 Å². The maximum Gasteiger partial charge on any atom is 0.144 e. The molecule has 4 nitrogen and oxygen atoms in total. The molecule has 0 saturated heterocycles. The van der Waals surface area contributed by atoms with E-state index in [1.807, 2.05) is 23.7 Å². The third-order valence-electron chi connectivity index (χ3n) is 3.14. The van der Waals surface area contributed by atoms with Crippen molar-refractivity contribution in [2.24, 2.45) is 7.05 Å². The van der Waals surface area contributed by atoms with Gasteiger partial charge in [-0.15, -0.1) is 0 Å². The number of benzene rings is 1. The van der Waals surface area contributed by atoms with E-state index in [1.165, 1.54) is 11.8 Å². The molecule has 1 aromatic carbocycles. The average Bonchev–Trinajstić information content (AvgIpc) is 2.69. The zero-order valence-corrected chi connectivity index (χ0v) is 10.3. The summed E-state index contributed by atoms with van der Waals surface area (Å²) in [6.07, 6.45) is 3.09. The maximum atomic E-state index is 9.87. The first-order chi connectivity index (χ1) is 8.68. The van der Waals surface area contributed by atoms with Gasteiger partial charge in [-0.2, -0.15) is 0 Å². The summed E-state index contributed by atoms with van der Waals surface area (Å²) in [7, 11) is 1.96. The third kappa shape index (κ3) is 1.46. The van der Waals surface area contributed by atoms with Crippen LogP contribution in [-0.4, -0.2) is 19.6 Å². The minimum absolute atomic E-state index is 0.147. The van der Waals surface area contributed by atoms with Crippen LogP contribution in [0, 0.1) is 6.92 Å². The van der Waals surface area contributed by atoms with Crippen LogP contribution < -0.4 is 0 Å². The van der Waals surface area contributed by atoms with E-state index in [0.717, 1.165) is 16.9 Å². The number of aromatic nitrogens is 3. The number of pyridine rings is 1. The van der Waals surface area contributed by atoms with Crippen molar-refractivity contribution < 1.29 is 5.11 Å². The molecule has 2 heterocycles. The van der Waals surface area contributed by atoms with Gasteiger partial charge in [0.05, 0.1) is 22.8 Å². The Labute approximate surface area is 105 Å². The van der Waals surface area contributed by atoms with Crippen LogP contribution in [0.5, 0.6) is 5.75 Å². The zero-order chi connectivity index (χ0) is 12.7. The molecule has 0 unspecified atom stereocenters. The molecule has 4 heteroatoms. The normalized spacial score (nSPS) is 11.0. The van der Waals surface area contributed by atoms with Gasteiger partial charge in [-0.1, -0.05) is 12.1 Å². The summed E-state index contributed by atoms with van der Waals surface area (Å²) in [5.74, 6) is 0.896. The van der Waals surface area contributed by atoms with Gasteiger partial charge in [0, 0.05) is 13.2 Å². The van der Waals surface area contributed by atoms with Gasteiger partial charge >= 0.3 is 0 Å². The fourth-order valence-electron chi connectivity index (χ4n) is 2.28. The summed E-state index contributed by atoms with van der Waals surface area (Å²) in [6.45, 7) is 2.06. The predicted octanol–water partition coefficient (Wildman–Crippen LogP) is 2.65. The molecule has 90 valence electrons. The second-order valence-electron chi connectivity index (χ2n) is 4.33. The molecule has 0 atom stereocenters. The van der Waals surface area contributed by atoms with E-state index in [2.05, 4.69) is 23.0 Å². The Balaban J connectivity index is 2.35. The molecule has 0 aliphatic rings. The van der Waals surface area contributed by atoms with Crippen molar-refractivity contribution in [2.75, 3.05) is 0 Å². The summed E-state index contributed by atoms with van der Waals surface area (Å²) in [4.78, 5) is 8.46. The number of hydrogen-bond acceptors (Lipinski definition) is 3. The average molecular weight is 239 g/mol. The Hall–Kier alpha value is -2.36. The van der Waals surface area contributed by atoms with Crippen LogP contribution >= 0.6 is 0 Å². The minimum Gasteiger partial charge on any atom is -0.506 e. The number of aromatic hydroxyl groups is 1. The van der Waals surface area contributed by atoms with Crippen LogP contribution in [0.15, 0.2) is 36.7 Å². The molecule has 0 amide bonds. The van der Waals surface area contributed by atoms with Gasteiger partial charge in [-0.25, -0.2) is 4.98 Å². The quantitative estimate of drug-likeness (QED) is 0.710. The molecule has 18 heavy (non-hydrogen) atoms. The van der Waals surface area contributed by atoms with Crippen LogP contribution in [0.3, 0.4) is 0 Å². The summed E-state index contributed by atoms with van der Waals surface area (Å²) < 4.78 is 2.00. The highest BCUT2D eigenvalue weighted by Gasteiger charge is 2.13. The monoisotopic (exact) mass is 239 g/mol. The van der Waals surface area contributed by atoms with E-state index in [9.17, 15) is 5.11 Å². The lowest BCUT2D eigenvalue weighted by Crippen LogP contribution is -1.94. The van der Waals surface area contributed by atoms with Crippen molar-refractivity contribution >= 4 is 11.0 Å². The predicted molar refractivity (Wildman–Crippen MR) is 70.3 cm³/mol. The van der Waals surface area contributed by atoms with Gasteiger partial charge in [0.15, 0.2) is 0 Å². The lowest BCUT2D eigenvalue weighted by Gasteiger charge is -2.05. The molecule has 0 fully saturated rings. The number of para-hydroxylation sites is 1. The molecule has 3 aromatic rings. The van der Waals surface area contributed by atoms with Crippen LogP contribution in [0.4, 0.5) is 0 Å². The molecular weight excluding hydrogens is 226 g/mol. The van der Waals surface area contributed by atoms with Crippen molar-refractivity contribution in [3.8, 4) is 17.1 Å². The van der Waals surface area contributed by atoms with Crippen molar-refractivity contribution in [3.05, 3.63) is 42.2 Å². The van der Waals surface area contributed by atoms with Crippen LogP contribution in [0.2, 0.25) is 0 Å². The Morgan fingerprint density at radius 2 is 2.06 bits per heavy atom. The Bertz CT molecular complexity index is 731. The SMILES string of the molecule is Cc1cccc2nc(-c3ccncc3O)n(C)c12. The number of hydrogen-bond donors (Lipinski definition) is 1. The van der Waals surface area contributed by atoms with Gasteiger partial charge in [-0.05, 0) is 24.6 Å². The van der Waals surface area contributed by atoms with Gasteiger partial charge in [0.2, 0.25) is 0 Å². The van der Waals surface area contributed by atoms with Crippen molar-refractivity contribution in [1.29, 1.82) is 0 Å². The van der Waals surface area contributed by atoms with E-state index in [0.29, 0.717) is 5.56 Å². The van der Waals surface area contributed by atoms with Crippen LogP contribution in [-0.2, 0) is 7.05 Å². The molecular formula is C14H13N3O. The molecule has 0 spiro atoms. The van der Waals surface area contributed by atoms with Crippen molar-refractivity contribution in [3.63, 3.8) is 0 Å². The molecule has 3 rings (SSSR count). The van der Waals surface area contributed by atoms with Gasteiger partial charge in [0.25, 0.3) is 0 Å². The fraction of sp³-hybridized carbons (Fsp3) is 0.143. The van der Waals surface area contributed by atoms with E-state index < -0.39 is 0 Å². The minimum atomic E-state index is 0.147. The van der Waals surface area contributed by atoms with E-state index in [1.54, 1.807) is 12.3 Å². The number of nitrogens with zero attached hydrogens (tertiary/aromatic N) is 3. The van der Waals surface area contributed by atoms with Crippen LogP contribution in [0.1, 0.15) is 5.56 Å². The van der Waals surface area contributed by atoms with Gasteiger partial charge < -0.3 is 9.67 Å². The molecule has 1 N–H and O–H groups in total. The first-order valence-corrected chi connectivity index (χ1v) is 5.74. The number of imidazole rings is 1. The van der Waals surface area contributed by atoms with Crippen LogP contribution in [0.25, 0.3) is 22.4 Å². The first-order valence-electron chi connectivity index (χ1n) is 5.74. The molecule has 0 aliphatic carbocycles. The zero-order valence-electron chi connectivity index (χ0n) is 10.3. The van der Waals surface area contributed by atoms with E-state index in [4.69, 9.17) is 0 Å². The highest BCUT2D eigenvalue weighted by molar-refractivity contribution is 5.84. The highest BCUT2D eigenvalue weighted by Crippen LogP contribution is 2.30. The van der Waals surface area contributed by atoms with Gasteiger partial charge in [0.1, 0.15) is 11.6 Å². The Kier molecular flexibility index (Phi) is 2.30. The molecule has 0 radical (unpaired) electrons. The van der Waals surface area contributed by atoms with E-state index in [-0.39, 0.29) is 5.75 Å². The smallest absolute Gasteiger partial charge is 0.144 e. The molecule has 0 aliphatic heterocycles. The van der Waals surface area contributed by atoms with Crippen molar-refractivity contribution in [1.82, 2.24) is 14.5 Å². The number of rotatable bonds is 1. The third-order valence-corrected chi connectivity index (χ3v) is 3.14. The Morgan fingerprint density at radius 3 is 2.78 bits per heavy atom. The standard InChI is InChI=1S/C14H13N3O/c1-9-4-3-5-11-13(9)17(2)14(16-11)10-6-7-15-8-12(10)18/h3-8,18H,1-2H3. The fourth-order valence-corrected chi connectivity index (χ4v) is 2.28. The topological polar surface area (TPSA) is 50.9 Å². The largest absolute Gasteiger partial charge is 0.506 e. The summed E-state index contributed by atoms with van der Waals surface area (Å²) in [5.41, 5.74) is 3.89. The van der Waals surface area contributed by atoms with E-state index >= 15 is 0 Å².